The van der Waals surface area contributed by atoms with E-state index >= 15 is 0 Å². The van der Waals surface area contributed by atoms with E-state index in [0.29, 0.717) is 31.9 Å². The van der Waals surface area contributed by atoms with Crippen molar-refractivity contribution >= 4 is 16.9 Å². The van der Waals surface area contributed by atoms with E-state index in [0.717, 1.165) is 30.3 Å². The number of hydrogen-bond donors (Lipinski definition) is 1. The second-order valence-corrected chi connectivity index (χ2v) is 5.75. The monoisotopic (exact) mass is 314 g/mol. The molecule has 0 unspecified atom stereocenters. The summed E-state index contributed by atoms with van der Waals surface area (Å²) in [5, 5.41) is 0. The third-order valence-electron chi connectivity index (χ3n) is 4.10. The first-order chi connectivity index (χ1) is 11.3. The first-order valence-electron chi connectivity index (χ1n) is 8.10. The van der Waals surface area contributed by atoms with Gasteiger partial charge < -0.3 is 15.4 Å². The number of nitrogens with zero attached hydrogens (tertiary/aromatic N) is 3. The molecule has 1 fully saturated rings. The van der Waals surface area contributed by atoms with Crippen molar-refractivity contribution in [2.24, 2.45) is 5.73 Å². The van der Waals surface area contributed by atoms with Gasteiger partial charge in [0.2, 0.25) is 0 Å². The lowest BCUT2D eigenvalue weighted by Gasteiger charge is -2.31. The van der Waals surface area contributed by atoms with E-state index in [9.17, 15) is 4.79 Å². The quantitative estimate of drug-likeness (QED) is 0.848. The second-order valence-electron chi connectivity index (χ2n) is 5.75. The average Bonchev–Trinajstić information content (AvgIpc) is 2.61. The van der Waals surface area contributed by atoms with Crippen LogP contribution < -0.4 is 5.73 Å². The first-order valence-corrected chi connectivity index (χ1v) is 8.10. The van der Waals surface area contributed by atoms with Crippen LogP contribution in [0.4, 0.5) is 0 Å². The minimum Gasteiger partial charge on any atom is -0.378 e. The minimum atomic E-state index is -0.0522. The molecule has 0 radical (unpaired) electrons. The molecule has 2 aromatic rings. The summed E-state index contributed by atoms with van der Waals surface area (Å²) in [5.41, 5.74) is 7.42. The largest absolute Gasteiger partial charge is 0.378 e. The van der Waals surface area contributed by atoms with E-state index in [2.05, 4.69) is 9.97 Å². The van der Waals surface area contributed by atoms with Crippen molar-refractivity contribution in [2.45, 2.75) is 25.4 Å². The molecule has 6 nitrogen and oxygen atoms in total. The maximum absolute atomic E-state index is 12.6. The molecule has 122 valence electrons. The number of ether oxygens (including phenoxy) is 1. The van der Waals surface area contributed by atoms with E-state index in [-0.39, 0.29) is 12.0 Å². The van der Waals surface area contributed by atoms with Gasteiger partial charge in [0.05, 0.1) is 23.3 Å². The third kappa shape index (κ3) is 3.83. The zero-order chi connectivity index (χ0) is 16.1. The summed E-state index contributed by atoms with van der Waals surface area (Å²) in [7, 11) is 0. The number of aromatic nitrogens is 2. The smallest absolute Gasteiger partial charge is 0.274 e. The highest BCUT2D eigenvalue weighted by Crippen LogP contribution is 2.17. The van der Waals surface area contributed by atoms with Crippen molar-refractivity contribution in [3.05, 3.63) is 36.2 Å². The Morgan fingerprint density at radius 1 is 1.26 bits per heavy atom. The lowest BCUT2D eigenvalue weighted by atomic mass is 10.1. The van der Waals surface area contributed by atoms with Crippen molar-refractivity contribution in [3.8, 4) is 0 Å². The number of benzene rings is 1. The van der Waals surface area contributed by atoms with Gasteiger partial charge in [-0.05, 0) is 37.9 Å². The fourth-order valence-electron chi connectivity index (χ4n) is 2.78. The van der Waals surface area contributed by atoms with Crippen LogP contribution in [0.15, 0.2) is 30.5 Å². The second kappa shape index (κ2) is 7.48. The van der Waals surface area contributed by atoms with Gasteiger partial charge in [0.15, 0.2) is 0 Å². The topological polar surface area (TPSA) is 81.3 Å². The number of carbonyl (C=O) groups excluding carboxylic acids is 1. The maximum Gasteiger partial charge on any atom is 0.274 e. The Hall–Kier alpha value is -2.05. The van der Waals surface area contributed by atoms with Crippen molar-refractivity contribution < 1.29 is 9.53 Å². The van der Waals surface area contributed by atoms with Gasteiger partial charge in [0, 0.05) is 19.7 Å². The molecule has 1 aromatic heterocycles. The van der Waals surface area contributed by atoms with Crippen LogP contribution in [-0.2, 0) is 4.74 Å². The predicted molar refractivity (Wildman–Crippen MR) is 88.1 cm³/mol. The number of nitrogens with two attached hydrogens (primary N) is 1. The van der Waals surface area contributed by atoms with E-state index in [1.807, 2.05) is 29.2 Å². The highest BCUT2D eigenvalue weighted by Gasteiger charge is 2.25. The van der Waals surface area contributed by atoms with Crippen LogP contribution in [0.2, 0.25) is 0 Å². The fraction of sp³-hybridized carbons (Fsp3) is 0.471. The van der Waals surface area contributed by atoms with Gasteiger partial charge in [-0.3, -0.25) is 9.78 Å². The number of hydrogen-bond acceptors (Lipinski definition) is 5. The minimum absolute atomic E-state index is 0.0522. The summed E-state index contributed by atoms with van der Waals surface area (Å²) in [6, 6.07) is 7.57. The Morgan fingerprint density at radius 3 is 2.74 bits per heavy atom. The number of para-hydroxylation sites is 2. The third-order valence-corrected chi connectivity index (χ3v) is 4.10. The van der Waals surface area contributed by atoms with Gasteiger partial charge in [-0.15, -0.1) is 0 Å². The zero-order valence-electron chi connectivity index (χ0n) is 13.1. The maximum atomic E-state index is 12.6. The number of rotatable bonds is 5. The first kappa shape index (κ1) is 15.8. The molecular weight excluding hydrogens is 292 g/mol. The molecule has 0 aliphatic carbocycles. The van der Waals surface area contributed by atoms with Crippen molar-refractivity contribution in [3.63, 3.8) is 0 Å². The molecule has 23 heavy (non-hydrogen) atoms. The highest BCUT2D eigenvalue weighted by atomic mass is 16.5. The lowest BCUT2D eigenvalue weighted by molar-refractivity contribution is 0.00829. The molecule has 0 spiro atoms. The van der Waals surface area contributed by atoms with Crippen LogP contribution in [0.25, 0.3) is 11.0 Å². The summed E-state index contributed by atoms with van der Waals surface area (Å²) < 4.78 is 5.77. The van der Waals surface area contributed by atoms with Crippen LogP contribution >= 0.6 is 0 Å². The number of likely N-dealkylation sites (tertiary alicyclic amines) is 1. The van der Waals surface area contributed by atoms with Crippen LogP contribution in [0.5, 0.6) is 0 Å². The van der Waals surface area contributed by atoms with Gasteiger partial charge in [-0.2, -0.15) is 0 Å². The molecule has 1 amide bonds. The van der Waals surface area contributed by atoms with Crippen molar-refractivity contribution in [2.75, 3.05) is 26.2 Å². The zero-order valence-corrected chi connectivity index (χ0v) is 13.1. The molecule has 1 aliphatic rings. The number of piperidine rings is 1. The Kier molecular flexibility index (Phi) is 5.15. The number of amides is 1. The van der Waals surface area contributed by atoms with Gasteiger partial charge in [0.25, 0.3) is 5.91 Å². The molecule has 2 heterocycles. The SMILES string of the molecule is NCCCOC1CCN(C(=O)c2cnc3ccccc3n2)CC1. The van der Waals surface area contributed by atoms with Crippen LogP contribution in [-0.4, -0.2) is 53.1 Å². The van der Waals surface area contributed by atoms with Crippen molar-refractivity contribution in [1.82, 2.24) is 14.9 Å². The molecule has 1 saturated heterocycles. The standard InChI is InChI=1S/C17H22N4O2/c18-8-3-11-23-13-6-9-21(10-7-13)17(22)16-12-19-14-4-1-2-5-15(14)20-16/h1-2,4-5,12-13H,3,6-11,18H2. The average molecular weight is 314 g/mol. The van der Waals surface area contributed by atoms with E-state index in [1.165, 1.54) is 0 Å². The Labute approximate surface area is 135 Å². The van der Waals surface area contributed by atoms with Gasteiger partial charge >= 0.3 is 0 Å². The molecule has 0 atom stereocenters. The Morgan fingerprint density at radius 2 is 2.00 bits per heavy atom. The van der Waals surface area contributed by atoms with E-state index in [1.54, 1.807) is 6.20 Å². The van der Waals surface area contributed by atoms with Crippen LogP contribution in [0.1, 0.15) is 29.8 Å². The molecule has 6 heteroatoms. The Balaban J connectivity index is 1.60. The molecule has 0 saturated carbocycles. The van der Waals surface area contributed by atoms with Crippen LogP contribution in [0, 0.1) is 0 Å². The molecular formula is C17H22N4O2. The molecule has 1 aromatic carbocycles. The fourth-order valence-corrected chi connectivity index (χ4v) is 2.78. The summed E-state index contributed by atoms with van der Waals surface area (Å²) in [6.07, 6.45) is 4.39. The summed E-state index contributed by atoms with van der Waals surface area (Å²) >= 11 is 0. The van der Waals surface area contributed by atoms with Gasteiger partial charge in [0.1, 0.15) is 5.69 Å². The normalized spacial score (nSPS) is 16.0. The predicted octanol–water partition coefficient (Wildman–Crippen LogP) is 1.60. The molecule has 0 bridgehead atoms. The summed E-state index contributed by atoms with van der Waals surface area (Å²) in [5.74, 6) is -0.0522. The number of carbonyl (C=O) groups is 1. The molecule has 3 rings (SSSR count). The van der Waals surface area contributed by atoms with Crippen LogP contribution in [0.3, 0.4) is 0 Å². The molecule has 2 N–H and O–H groups in total. The van der Waals surface area contributed by atoms with E-state index < -0.39 is 0 Å². The lowest BCUT2D eigenvalue weighted by Crippen LogP contribution is -2.41. The molecule has 1 aliphatic heterocycles. The van der Waals surface area contributed by atoms with Gasteiger partial charge in [-0.25, -0.2) is 4.98 Å². The summed E-state index contributed by atoms with van der Waals surface area (Å²) in [6.45, 7) is 2.74. The van der Waals surface area contributed by atoms with Crippen molar-refractivity contribution in [1.29, 1.82) is 0 Å². The van der Waals surface area contributed by atoms with Gasteiger partial charge in [-0.1, -0.05) is 12.1 Å². The summed E-state index contributed by atoms with van der Waals surface area (Å²) in [4.78, 5) is 23.2. The van der Waals surface area contributed by atoms with E-state index in [4.69, 9.17) is 10.5 Å². The Bertz CT molecular complexity index is 668. The highest BCUT2D eigenvalue weighted by molar-refractivity contribution is 5.93. The number of fused-ring (bicyclic) bond motifs is 1.